The molecule has 1 heterocycles. The molecule has 0 aromatic heterocycles. The maximum atomic E-state index is 12.8. The second-order valence-electron chi connectivity index (χ2n) is 3.51. The second-order valence-corrected chi connectivity index (χ2v) is 3.51. The molecule has 0 amide bonds. The van der Waals surface area contributed by atoms with Crippen LogP contribution in [-0.4, -0.2) is 19.1 Å². The first-order valence-corrected chi connectivity index (χ1v) is 4.26. The van der Waals surface area contributed by atoms with Gasteiger partial charge in [0, 0.05) is 5.92 Å². The van der Waals surface area contributed by atoms with Gasteiger partial charge in [-0.2, -0.15) is 8.78 Å². The molecule has 0 atom stereocenters. The standard InChI is InChI=1S/C9H14F2O2/c1-6(2)8-7(3)12-4-9(10,11)5-13-8/h6H,4-5H2,1-3H3. The van der Waals surface area contributed by atoms with Gasteiger partial charge >= 0.3 is 5.92 Å². The predicted molar refractivity (Wildman–Crippen MR) is 44.4 cm³/mol. The van der Waals surface area contributed by atoms with Gasteiger partial charge in [-0.1, -0.05) is 13.8 Å². The molecule has 0 aromatic rings. The van der Waals surface area contributed by atoms with Crippen molar-refractivity contribution in [2.45, 2.75) is 26.7 Å². The number of hydrogen-bond donors (Lipinski definition) is 0. The summed E-state index contributed by atoms with van der Waals surface area (Å²) in [6.45, 7) is 4.24. The average Bonchev–Trinajstić information content (AvgIpc) is 2.11. The lowest BCUT2D eigenvalue weighted by molar-refractivity contribution is -0.0870. The Balaban J connectivity index is 2.74. The van der Waals surface area contributed by atoms with E-state index in [0.717, 1.165) is 0 Å². The van der Waals surface area contributed by atoms with Crippen LogP contribution in [0.15, 0.2) is 11.5 Å². The van der Waals surface area contributed by atoms with Gasteiger partial charge < -0.3 is 9.47 Å². The molecule has 1 aliphatic rings. The Hall–Kier alpha value is -0.800. The van der Waals surface area contributed by atoms with Gasteiger partial charge in [0.25, 0.3) is 0 Å². The zero-order chi connectivity index (χ0) is 10.1. The average molecular weight is 192 g/mol. The van der Waals surface area contributed by atoms with E-state index in [1.807, 2.05) is 13.8 Å². The molecule has 0 N–H and O–H groups in total. The number of ether oxygens (including phenoxy) is 2. The summed E-state index contributed by atoms with van der Waals surface area (Å²) in [5, 5.41) is 0. The molecule has 0 saturated heterocycles. The van der Waals surface area contributed by atoms with Crippen LogP contribution in [0.1, 0.15) is 20.8 Å². The van der Waals surface area contributed by atoms with Crippen LogP contribution in [0.3, 0.4) is 0 Å². The molecular formula is C9H14F2O2. The van der Waals surface area contributed by atoms with Crippen molar-refractivity contribution in [3.05, 3.63) is 11.5 Å². The third kappa shape index (κ3) is 2.57. The Labute approximate surface area is 76.5 Å². The summed E-state index contributed by atoms with van der Waals surface area (Å²) in [7, 11) is 0. The number of rotatable bonds is 1. The summed E-state index contributed by atoms with van der Waals surface area (Å²) >= 11 is 0. The summed E-state index contributed by atoms with van der Waals surface area (Å²) in [5.41, 5.74) is 0. The van der Waals surface area contributed by atoms with E-state index in [9.17, 15) is 8.78 Å². The van der Waals surface area contributed by atoms with E-state index in [1.165, 1.54) is 0 Å². The van der Waals surface area contributed by atoms with E-state index >= 15 is 0 Å². The Kier molecular flexibility index (Phi) is 2.78. The molecule has 0 fully saturated rings. The fourth-order valence-electron chi connectivity index (χ4n) is 1.18. The number of allylic oxidation sites excluding steroid dienone is 2. The number of alkyl halides is 2. The van der Waals surface area contributed by atoms with Crippen LogP contribution in [0.25, 0.3) is 0 Å². The first kappa shape index (κ1) is 10.3. The van der Waals surface area contributed by atoms with Crippen molar-refractivity contribution in [2.24, 2.45) is 5.92 Å². The lowest BCUT2D eigenvalue weighted by Gasteiger charge is -2.14. The van der Waals surface area contributed by atoms with Gasteiger partial charge in [-0.05, 0) is 6.92 Å². The van der Waals surface area contributed by atoms with Crippen molar-refractivity contribution in [2.75, 3.05) is 13.2 Å². The molecule has 0 aliphatic carbocycles. The predicted octanol–water partition coefficient (Wildman–Crippen LogP) is 2.56. The van der Waals surface area contributed by atoms with Gasteiger partial charge in [0.05, 0.1) is 0 Å². The minimum atomic E-state index is -2.88. The Bertz CT molecular complexity index is 222. The smallest absolute Gasteiger partial charge is 0.314 e. The lowest BCUT2D eigenvalue weighted by atomic mass is 10.1. The molecule has 0 bridgehead atoms. The highest BCUT2D eigenvalue weighted by molar-refractivity contribution is 5.03. The Morgan fingerprint density at radius 3 is 2.31 bits per heavy atom. The highest BCUT2D eigenvalue weighted by atomic mass is 19.3. The summed E-state index contributed by atoms with van der Waals surface area (Å²) in [6.07, 6.45) is 0. The summed E-state index contributed by atoms with van der Waals surface area (Å²) in [4.78, 5) is 0. The van der Waals surface area contributed by atoms with Crippen molar-refractivity contribution in [1.29, 1.82) is 0 Å². The third-order valence-corrected chi connectivity index (χ3v) is 1.81. The fraction of sp³-hybridized carbons (Fsp3) is 0.778. The van der Waals surface area contributed by atoms with Crippen LogP contribution < -0.4 is 0 Å². The van der Waals surface area contributed by atoms with Crippen LogP contribution in [-0.2, 0) is 9.47 Å². The zero-order valence-electron chi connectivity index (χ0n) is 8.06. The van der Waals surface area contributed by atoms with Crippen LogP contribution in [0, 0.1) is 5.92 Å². The quantitative estimate of drug-likeness (QED) is 0.635. The largest absolute Gasteiger partial charge is 0.488 e. The van der Waals surface area contributed by atoms with E-state index in [1.54, 1.807) is 6.92 Å². The third-order valence-electron chi connectivity index (χ3n) is 1.81. The minimum absolute atomic E-state index is 0.0777. The van der Waals surface area contributed by atoms with Gasteiger partial charge in [-0.25, -0.2) is 0 Å². The van der Waals surface area contributed by atoms with Crippen molar-refractivity contribution in [3.8, 4) is 0 Å². The molecule has 1 rings (SSSR count). The molecule has 1 aliphatic heterocycles. The molecule has 2 nitrogen and oxygen atoms in total. The molecule has 0 saturated carbocycles. The van der Waals surface area contributed by atoms with Crippen LogP contribution in [0.4, 0.5) is 8.78 Å². The first-order valence-electron chi connectivity index (χ1n) is 4.26. The number of hydrogen-bond acceptors (Lipinski definition) is 2. The highest BCUT2D eigenvalue weighted by Gasteiger charge is 2.35. The molecule has 0 radical (unpaired) electrons. The van der Waals surface area contributed by atoms with E-state index in [0.29, 0.717) is 11.5 Å². The first-order chi connectivity index (χ1) is 5.92. The van der Waals surface area contributed by atoms with E-state index in [4.69, 9.17) is 9.47 Å². The Morgan fingerprint density at radius 2 is 1.77 bits per heavy atom. The maximum Gasteiger partial charge on any atom is 0.314 e. The highest BCUT2D eigenvalue weighted by Crippen LogP contribution is 2.26. The van der Waals surface area contributed by atoms with Gasteiger partial charge in [0.2, 0.25) is 0 Å². The van der Waals surface area contributed by atoms with E-state index in [-0.39, 0.29) is 5.92 Å². The maximum absolute atomic E-state index is 12.8. The van der Waals surface area contributed by atoms with Crippen molar-refractivity contribution in [3.63, 3.8) is 0 Å². The summed E-state index contributed by atoms with van der Waals surface area (Å²) in [6, 6.07) is 0. The van der Waals surface area contributed by atoms with Gasteiger partial charge in [-0.15, -0.1) is 0 Å². The molecule has 0 unspecified atom stereocenters. The SMILES string of the molecule is CC1=C(C(C)C)OCC(F)(F)CO1. The van der Waals surface area contributed by atoms with E-state index in [2.05, 4.69) is 0 Å². The zero-order valence-corrected chi connectivity index (χ0v) is 8.06. The van der Waals surface area contributed by atoms with Crippen LogP contribution >= 0.6 is 0 Å². The monoisotopic (exact) mass is 192 g/mol. The molecular weight excluding hydrogens is 178 g/mol. The van der Waals surface area contributed by atoms with Crippen molar-refractivity contribution < 1.29 is 18.3 Å². The summed E-state index contributed by atoms with van der Waals surface area (Å²) < 4.78 is 35.5. The van der Waals surface area contributed by atoms with Crippen LogP contribution in [0.2, 0.25) is 0 Å². The van der Waals surface area contributed by atoms with Gasteiger partial charge in [0.1, 0.15) is 11.5 Å². The summed E-state index contributed by atoms with van der Waals surface area (Å²) in [5.74, 6) is -1.81. The van der Waals surface area contributed by atoms with Gasteiger partial charge in [-0.3, -0.25) is 0 Å². The molecule has 76 valence electrons. The van der Waals surface area contributed by atoms with Crippen molar-refractivity contribution >= 4 is 0 Å². The molecule has 4 heteroatoms. The second kappa shape index (κ2) is 3.52. The lowest BCUT2D eigenvalue weighted by Crippen LogP contribution is -2.27. The van der Waals surface area contributed by atoms with Crippen molar-refractivity contribution in [1.82, 2.24) is 0 Å². The minimum Gasteiger partial charge on any atom is -0.488 e. The molecule has 0 spiro atoms. The normalized spacial score (nSPS) is 22.3. The topological polar surface area (TPSA) is 18.5 Å². The Morgan fingerprint density at radius 1 is 1.23 bits per heavy atom. The number of halogens is 2. The van der Waals surface area contributed by atoms with Gasteiger partial charge in [0.15, 0.2) is 13.2 Å². The molecule has 13 heavy (non-hydrogen) atoms. The molecule has 0 aromatic carbocycles. The van der Waals surface area contributed by atoms with Crippen LogP contribution in [0.5, 0.6) is 0 Å². The van der Waals surface area contributed by atoms with E-state index < -0.39 is 19.1 Å². The fourth-order valence-corrected chi connectivity index (χ4v) is 1.18.